The van der Waals surface area contributed by atoms with Gasteiger partial charge in [0.15, 0.2) is 0 Å². The van der Waals surface area contributed by atoms with E-state index in [4.69, 9.17) is 10.1 Å². The van der Waals surface area contributed by atoms with E-state index in [1.54, 1.807) is 24.4 Å². The zero-order valence-corrected chi connectivity index (χ0v) is 19.7. The number of carbonyl (C=O) groups excluding carboxylic acids is 1. The van der Waals surface area contributed by atoms with Crippen LogP contribution in [0.4, 0.5) is 10.2 Å². The van der Waals surface area contributed by atoms with Crippen molar-refractivity contribution in [2.24, 2.45) is 7.05 Å². The normalized spacial score (nSPS) is 15.4. The fourth-order valence-corrected chi connectivity index (χ4v) is 4.31. The van der Waals surface area contributed by atoms with Crippen molar-refractivity contribution in [1.29, 1.82) is 0 Å². The van der Waals surface area contributed by atoms with Gasteiger partial charge in [-0.05, 0) is 47.9 Å². The molecule has 1 atom stereocenters. The molecular weight excluding hydrogens is 463 g/mol. The Bertz CT molecular complexity index is 1420. The third-order valence-corrected chi connectivity index (χ3v) is 6.36. The Kier molecular flexibility index (Phi) is 6.32. The van der Waals surface area contributed by atoms with Crippen molar-refractivity contribution in [3.05, 3.63) is 83.1 Å². The Morgan fingerprint density at radius 1 is 1.11 bits per heavy atom. The van der Waals surface area contributed by atoms with E-state index in [2.05, 4.69) is 15.3 Å². The predicted molar refractivity (Wildman–Crippen MR) is 132 cm³/mol. The van der Waals surface area contributed by atoms with Crippen LogP contribution in [-0.4, -0.2) is 55.8 Å². The molecule has 9 nitrogen and oxygen atoms in total. The summed E-state index contributed by atoms with van der Waals surface area (Å²) < 4.78 is 15.5. The van der Waals surface area contributed by atoms with E-state index in [1.807, 2.05) is 34.7 Å². The molecule has 3 aromatic heterocycles. The minimum Gasteiger partial charge on any atom is -0.477 e. The fraction of sp³-hybridized carbons (Fsp3) is 0.269. The smallest absolute Gasteiger partial charge is 0.354 e. The second-order valence-electron chi connectivity index (χ2n) is 8.86. The predicted octanol–water partition coefficient (Wildman–Crippen LogP) is 3.13. The van der Waals surface area contributed by atoms with Gasteiger partial charge < -0.3 is 19.9 Å². The van der Waals surface area contributed by atoms with Gasteiger partial charge in [0.25, 0.3) is 5.91 Å². The van der Waals surface area contributed by atoms with Crippen molar-refractivity contribution in [1.82, 2.24) is 24.8 Å². The number of halogens is 1. The summed E-state index contributed by atoms with van der Waals surface area (Å²) in [7, 11) is 1.94. The quantitative estimate of drug-likeness (QED) is 0.411. The number of imidazole rings is 1. The van der Waals surface area contributed by atoms with Gasteiger partial charge >= 0.3 is 5.97 Å². The highest BCUT2D eigenvalue weighted by atomic mass is 19.1. The van der Waals surface area contributed by atoms with Crippen molar-refractivity contribution in [3.63, 3.8) is 0 Å². The lowest BCUT2D eigenvalue weighted by Gasteiger charge is -2.16. The van der Waals surface area contributed by atoms with Gasteiger partial charge in [-0.3, -0.25) is 4.79 Å². The van der Waals surface area contributed by atoms with Gasteiger partial charge in [-0.15, -0.1) is 0 Å². The van der Waals surface area contributed by atoms with Gasteiger partial charge in [0.2, 0.25) is 0 Å². The van der Waals surface area contributed by atoms with Crippen LogP contribution in [0.5, 0.6) is 0 Å². The molecule has 1 fully saturated rings. The lowest BCUT2D eigenvalue weighted by molar-refractivity contribution is 0.0690. The lowest BCUT2D eigenvalue weighted by Crippen LogP contribution is -2.22. The fourth-order valence-electron chi connectivity index (χ4n) is 4.31. The summed E-state index contributed by atoms with van der Waals surface area (Å²) in [6.45, 7) is 1.30. The summed E-state index contributed by atoms with van der Waals surface area (Å²) in [5.74, 6) is 0.267. The topological polar surface area (TPSA) is 113 Å². The Labute approximate surface area is 206 Å². The van der Waals surface area contributed by atoms with Crippen molar-refractivity contribution in [3.8, 4) is 0 Å². The monoisotopic (exact) mass is 488 g/mol. The van der Waals surface area contributed by atoms with Gasteiger partial charge in [0, 0.05) is 44.5 Å². The van der Waals surface area contributed by atoms with Crippen molar-refractivity contribution in [2.75, 3.05) is 18.0 Å². The average molecular weight is 489 g/mol. The van der Waals surface area contributed by atoms with Gasteiger partial charge in [-0.1, -0.05) is 12.1 Å². The molecule has 36 heavy (non-hydrogen) atoms. The SMILES string of the molecule is Cn1c(Cc2ccc(N3CCC(F)C3)nc2)nc2cc(C(=O)NCc3ccc(C(=O)O)nc3)ccc21. The number of carbonyl (C=O) groups is 2. The number of amides is 1. The van der Waals surface area contributed by atoms with E-state index in [9.17, 15) is 14.0 Å². The van der Waals surface area contributed by atoms with Crippen LogP contribution in [0.15, 0.2) is 54.9 Å². The molecule has 1 aliphatic heterocycles. The van der Waals surface area contributed by atoms with Gasteiger partial charge in [0.1, 0.15) is 23.5 Å². The number of carboxylic acid groups (broad SMARTS) is 1. The molecule has 4 heterocycles. The number of carboxylic acids is 1. The number of rotatable bonds is 7. The molecule has 5 rings (SSSR count). The maximum Gasteiger partial charge on any atom is 0.354 e. The molecule has 0 aliphatic carbocycles. The summed E-state index contributed by atoms with van der Waals surface area (Å²) in [6.07, 6.45) is 3.56. The summed E-state index contributed by atoms with van der Waals surface area (Å²) >= 11 is 0. The molecule has 0 spiro atoms. The zero-order valence-electron chi connectivity index (χ0n) is 19.7. The lowest BCUT2D eigenvalue weighted by atomic mass is 10.2. The summed E-state index contributed by atoms with van der Waals surface area (Å²) in [4.78, 5) is 38.7. The average Bonchev–Trinajstić information content (AvgIpc) is 3.45. The number of anilines is 1. The van der Waals surface area contributed by atoms with Crippen LogP contribution in [0.3, 0.4) is 0 Å². The molecule has 1 aliphatic rings. The molecule has 1 unspecified atom stereocenters. The number of aromatic carboxylic acids is 1. The van der Waals surface area contributed by atoms with E-state index < -0.39 is 12.1 Å². The third-order valence-electron chi connectivity index (χ3n) is 6.36. The van der Waals surface area contributed by atoms with Crippen LogP contribution < -0.4 is 10.2 Å². The highest BCUT2D eigenvalue weighted by molar-refractivity contribution is 5.97. The van der Waals surface area contributed by atoms with Crippen molar-refractivity contribution >= 4 is 28.7 Å². The number of nitrogens with one attached hydrogen (secondary N) is 1. The van der Waals surface area contributed by atoms with Gasteiger partial charge in [-0.2, -0.15) is 0 Å². The van der Waals surface area contributed by atoms with Gasteiger partial charge in [0.05, 0.1) is 17.6 Å². The van der Waals surface area contributed by atoms with E-state index in [1.165, 1.54) is 12.3 Å². The highest BCUT2D eigenvalue weighted by Gasteiger charge is 2.22. The minimum absolute atomic E-state index is 0.0465. The first-order chi connectivity index (χ1) is 17.4. The largest absolute Gasteiger partial charge is 0.477 e. The van der Waals surface area contributed by atoms with Gasteiger partial charge in [-0.25, -0.2) is 24.1 Å². The molecular formula is C26H25FN6O3. The summed E-state index contributed by atoms with van der Waals surface area (Å²) in [6, 6.07) is 12.3. The number of pyridine rings is 2. The first kappa shape index (κ1) is 23.4. The Morgan fingerprint density at radius 2 is 1.92 bits per heavy atom. The van der Waals surface area contributed by atoms with E-state index in [0.717, 1.165) is 22.7 Å². The second kappa shape index (κ2) is 9.73. The molecule has 1 saturated heterocycles. The Morgan fingerprint density at radius 3 is 2.58 bits per heavy atom. The van der Waals surface area contributed by atoms with Crippen LogP contribution in [0, 0.1) is 0 Å². The Hall–Kier alpha value is -4.34. The third kappa shape index (κ3) is 4.88. The van der Waals surface area contributed by atoms with E-state index in [0.29, 0.717) is 42.6 Å². The highest BCUT2D eigenvalue weighted by Crippen LogP contribution is 2.22. The number of hydrogen-bond donors (Lipinski definition) is 2. The number of benzene rings is 1. The molecule has 1 aromatic carbocycles. The van der Waals surface area contributed by atoms with Crippen LogP contribution in [-0.2, 0) is 20.0 Å². The molecule has 10 heteroatoms. The van der Waals surface area contributed by atoms with Crippen molar-refractivity contribution < 1.29 is 19.1 Å². The second-order valence-corrected chi connectivity index (χ2v) is 8.86. The minimum atomic E-state index is -1.10. The number of aryl methyl sites for hydroxylation is 1. The number of aromatic nitrogens is 4. The molecule has 0 radical (unpaired) electrons. The number of fused-ring (bicyclic) bond motifs is 1. The first-order valence-electron chi connectivity index (χ1n) is 11.6. The maximum atomic E-state index is 13.5. The van der Waals surface area contributed by atoms with Crippen LogP contribution >= 0.6 is 0 Å². The standard InChI is InChI=1S/C26H25FN6O3/c1-32-22-6-4-18(25(34)30-14-17-2-5-20(26(35)36)28-13-17)11-21(22)31-24(32)10-16-3-7-23(29-12-16)33-9-8-19(27)15-33/h2-7,11-13,19H,8-10,14-15H2,1H3,(H,30,34)(H,35,36). The number of alkyl halides is 1. The van der Waals surface area contributed by atoms with Crippen LogP contribution in [0.1, 0.15) is 44.2 Å². The summed E-state index contributed by atoms with van der Waals surface area (Å²) in [5.41, 5.74) is 3.74. The molecule has 4 aromatic rings. The van der Waals surface area contributed by atoms with E-state index in [-0.39, 0.29) is 18.1 Å². The first-order valence-corrected chi connectivity index (χ1v) is 11.6. The maximum absolute atomic E-state index is 13.5. The zero-order chi connectivity index (χ0) is 25.2. The Balaban J connectivity index is 1.26. The summed E-state index contributed by atoms with van der Waals surface area (Å²) in [5, 5.41) is 11.8. The molecule has 2 N–H and O–H groups in total. The number of hydrogen-bond acceptors (Lipinski definition) is 6. The van der Waals surface area contributed by atoms with Crippen LogP contribution in [0.25, 0.3) is 11.0 Å². The molecule has 1 amide bonds. The van der Waals surface area contributed by atoms with Crippen LogP contribution in [0.2, 0.25) is 0 Å². The number of nitrogens with zero attached hydrogens (tertiary/aromatic N) is 5. The molecule has 0 bridgehead atoms. The van der Waals surface area contributed by atoms with Crippen molar-refractivity contribution in [2.45, 2.75) is 25.6 Å². The molecule has 184 valence electrons. The van der Waals surface area contributed by atoms with E-state index >= 15 is 0 Å². The molecule has 0 saturated carbocycles.